The van der Waals surface area contributed by atoms with Gasteiger partial charge in [-0.25, -0.2) is 0 Å². The minimum absolute atomic E-state index is 0.269. The molecule has 1 aromatic carbocycles. The van der Waals surface area contributed by atoms with Gasteiger partial charge in [-0.2, -0.15) is 0 Å². The number of aromatic nitrogens is 2. The molecule has 0 saturated heterocycles. The number of rotatable bonds is 5. The molecule has 0 aliphatic heterocycles. The molecule has 7 heteroatoms. The van der Waals surface area contributed by atoms with Gasteiger partial charge in [0.2, 0.25) is 5.91 Å². The van der Waals surface area contributed by atoms with E-state index in [1.54, 1.807) is 18.2 Å². The van der Waals surface area contributed by atoms with Gasteiger partial charge in [0.15, 0.2) is 0 Å². The second kappa shape index (κ2) is 6.36. The summed E-state index contributed by atoms with van der Waals surface area (Å²) in [6.07, 6.45) is 2.49. The summed E-state index contributed by atoms with van der Waals surface area (Å²) in [5.41, 5.74) is 5.81. The molecule has 0 aliphatic rings. The highest BCUT2D eigenvalue weighted by Crippen LogP contribution is 2.14. The zero-order valence-electron chi connectivity index (χ0n) is 11.7. The molecular formula is C14H18N4O3. The van der Waals surface area contributed by atoms with E-state index in [0.717, 1.165) is 12.8 Å². The molecule has 2 rings (SSSR count). The first-order valence-electron chi connectivity index (χ1n) is 6.84. The highest BCUT2D eigenvalue weighted by atomic mass is 16.2. The van der Waals surface area contributed by atoms with Gasteiger partial charge in [-0.15, -0.1) is 0 Å². The summed E-state index contributed by atoms with van der Waals surface area (Å²) in [7, 11) is 0. The Balaban J connectivity index is 2.19. The van der Waals surface area contributed by atoms with E-state index >= 15 is 0 Å². The lowest BCUT2D eigenvalue weighted by Gasteiger charge is -2.12. The van der Waals surface area contributed by atoms with Crippen molar-refractivity contribution in [2.45, 2.75) is 32.2 Å². The third-order valence-electron chi connectivity index (χ3n) is 3.20. The number of hydrogen-bond donors (Lipinski definition) is 4. The van der Waals surface area contributed by atoms with Crippen molar-refractivity contribution in [3.05, 3.63) is 38.9 Å². The van der Waals surface area contributed by atoms with Gasteiger partial charge in [-0.05, 0) is 24.6 Å². The molecule has 5 N–H and O–H groups in total. The van der Waals surface area contributed by atoms with Gasteiger partial charge in [0.25, 0.3) is 0 Å². The minimum Gasteiger partial charge on any atom is -0.325 e. The number of unbranched alkanes of at least 4 members (excludes halogenated alkanes) is 1. The molecular weight excluding hydrogens is 272 g/mol. The number of aromatic amines is 2. The SMILES string of the molecule is CCCC[C@H](N)C(=O)Nc1ccc2[nH]c(=O)c(=O)[nH]c2c1. The molecule has 0 radical (unpaired) electrons. The maximum absolute atomic E-state index is 11.9. The molecule has 112 valence electrons. The van der Waals surface area contributed by atoms with Crippen LogP contribution in [-0.2, 0) is 4.79 Å². The molecule has 21 heavy (non-hydrogen) atoms. The lowest BCUT2D eigenvalue weighted by atomic mass is 10.1. The van der Waals surface area contributed by atoms with E-state index in [0.29, 0.717) is 23.1 Å². The topological polar surface area (TPSA) is 121 Å². The Labute approximate surface area is 120 Å². The summed E-state index contributed by atoms with van der Waals surface area (Å²) in [6.45, 7) is 2.03. The van der Waals surface area contributed by atoms with Crippen molar-refractivity contribution < 1.29 is 4.79 Å². The van der Waals surface area contributed by atoms with Crippen molar-refractivity contribution in [1.82, 2.24) is 9.97 Å². The van der Waals surface area contributed by atoms with E-state index in [2.05, 4.69) is 15.3 Å². The number of carbonyl (C=O) groups is 1. The molecule has 1 amide bonds. The monoisotopic (exact) mass is 290 g/mol. The second-order valence-corrected chi connectivity index (χ2v) is 4.91. The molecule has 0 spiro atoms. The number of nitrogens with one attached hydrogen (secondary N) is 3. The van der Waals surface area contributed by atoms with Crippen LogP contribution in [0.15, 0.2) is 27.8 Å². The lowest BCUT2D eigenvalue weighted by molar-refractivity contribution is -0.117. The molecule has 1 heterocycles. The van der Waals surface area contributed by atoms with Crippen molar-refractivity contribution in [2.75, 3.05) is 5.32 Å². The van der Waals surface area contributed by atoms with Crippen LogP contribution in [0, 0.1) is 0 Å². The number of hydrogen-bond acceptors (Lipinski definition) is 4. The quantitative estimate of drug-likeness (QED) is 0.605. The molecule has 2 aromatic rings. The third kappa shape index (κ3) is 3.57. The summed E-state index contributed by atoms with van der Waals surface area (Å²) >= 11 is 0. The fourth-order valence-corrected chi connectivity index (χ4v) is 1.98. The Morgan fingerprint density at radius 1 is 1.24 bits per heavy atom. The van der Waals surface area contributed by atoms with Crippen molar-refractivity contribution in [2.24, 2.45) is 5.73 Å². The molecule has 1 aromatic heterocycles. The van der Waals surface area contributed by atoms with Crippen LogP contribution in [-0.4, -0.2) is 21.9 Å². The maximum Gasteiger partial charge on any atom is 0.314 e. The van der Waals surface area contributed by atoms with Crippen molar-refractivity contribution >= 4 is 22.6 Å². The highest BCUT2D eigenvalue weighted by Gasteiger charge is 2.13. The van der Waals surface area contributed by atoms with Crippen LogP contribution in [0.5, 0.6) is 0 Å². The third-order valence-corrected chi connectivity index (χ3v) is 3.20. The zero-order chi connectivity index (χ0) is 15.4. The molecule has 0 bridgehead atoms. The Morgan fingerprint density at radius 3 is 2.57 bits per heavy atom. The summed E-state index contributed by atoms with van der Waals surface area (Å²) in [5.74, 6) is -0.269. The fourth-order valence-electron chi connectivity index (χ4n) is 1.98. The normalized spacial score (nSPS) is 12.3. The number of carbonyl (C=O) groups excluding carboxylic acids is 1. The lowest BCUT2D eigenvalue weighted by Crippen LogP contribution is -2.35. The van der Waals surface area contributed by atoms with Gasteiger partial charge in [0.05, 0.1) is 17.1 Å². The maximum atomic E-state index is 11.9. The average Bonchev–Trinajstić information content (AvgIpc) is 2.46. The van der Waals surface area contributed by atoms with Gasteiger partial charge in [-0.3, -0.25) is 14.4 Å². The molecule has 0 fully saturated rings. The van der Waals surface area contributed by atoms with Gasteiger partial charge < -0.3 is 21.0 Å². The summed E-state index contributed by atoms with van der Waals surface area (Å²) < 4.78 is 0. The number of nitrogens with two attached hydrogens (primary N) is 1. The zero-order valence-corrected chi connectivity index (χ0v) is 11.7. The van der Waals surface area contributed by atoms with Crippen molar-refractivity contribution in [3.63, 3.8) is 0 Å². The molecule has 0 aliphatic carbocycles. The van der Waals surface area contributed by atoms with Crippen LogP contribution in [0.1, 0.15) is 26.2 Å². The van der Waals surface area contributed by atoms with Gasteiger partial charge in [-0.1, -0.05) is 19.8 Å². The predicted octanol–water partition coefficient (Wildman–Crippen LogP) is 0.672. The van der Waals surface area contributed by atoms with Crippen LogP contribution in [0.4, 0.5) is 5.69 Å². The van der Waals surface area contributed by atoms with Crippen LogP contribution >= 0.6 is 0 Å². The number of anilines is 1. The fraction of sp³-hybridized carbons (Fsp3) is 0.357. The van der Waals surface area contributed by atoms with E-state index in [-0.39, 0.29) is 5.91 Å². The van der Waals surface area contributed by atoms with Crippen molar-refractivity contribution in [1.29, 1.82) is 0 Å². The minimum atomic E-state index is -0.731. The van der Waals surface area contributed by atoms with Crippen LogP contribution < -0.4 is 22.2 Å². The van der Waals surface area contributed by atoms with E-state index < -0.39 is 17.2 Å². The van der Waals surface area contributed by atoms with E-state index in [1.807, 2.05) is 6.92 Å². The van der Waals surface area contributed by atoms with Gasteiger partial charge >= 0.3 is 11.1 Å². The van der Waals surface area contributed by atoms with E-state index in [4.69, 9.17) is 5.73 Å². The Kier molecular flexibility index (Phi) is 4.54. The van der Waals surface area contributed by atoms with Crippen molar-refractivity contribution in [3.8, 4) is 0 Å². The van der Waals surface area contributed by atoms with E-state index in [1.165, 1.54) is 0 Å². The second-order valence-electron chi connectivity index (χ2n) is 4.91. The van der Waals surface area contributed by atoms with Gasteiger partial charge in [0, 0.05) is 5.69 Å². The molecule has 7 nitrogen and oxygen atoms in total. The Morgan fingerprint density at radius 2 is 1.90 bits per heavy atom. The Hall–Kier alpha value is -2.41. The highest BCUT2D eigenvalue weighted by molar-refractivity contribution is 5.96. The number of fused-ring (bicyclic) bond motifs is 1. The first-order chi connectivity index (χ1) is 10.0. The average molecular weight is 290 g/mol. The largest absolute Gasteiger partial charge is 0.325 e. The predicted molar refractivity (Wildman–Crippen MR) is 81.3 cm³/mol. The number of H-pyrrole nitrogens is 2. The molecule has 0 saturated carbocycles. The standard InChI is InChI=1S/C14H18N4O3/c1-2-3-4-9(15)12(19)16-8-5-6-10-11(7-8)18-14(21)13(20)17-10/h5-7,9H,2-4,15H2,1H3,(H,16,19)(H,17,20)(H,18,21)/t9-/m0/s1. The molecule has 0 unspecified atom stereocenters. The van der Waals surface area contributed by atoms with Crippen LogP contribution in [0.2, 0.25) is 0 Å². The van der Waals surface area contributed by atoms with E-state index in [9.17, 15) is 14.4 Å². The summed E-state index contributed by atoms with van der Waals surface area (Å²) in [4.78, 5) is 39.3. The van der Waals surface area contributed by atoms with Crippen LogP contribution in [0.25, 0.3) is 11.0 Å². The first kappa shape index (κ1) is 15.0. The smallest absolute Gasteiger partial charge is 0.314 e. The number of amides is 1. The first-order valence-corrected chi connectivity index (χ1v) is 6.84. The van der Waals surface area contributed by atoms with Gasteiger partial charge in [0.1, 0.15) is 0 Å². The summed E-state index contributed by atoms with van der Waals surface area (Å²) in [6, 6.07) is 4.27. The summed E-state index contributed by atoms with van der Waals surface area (Å²) in [5, 5.41) is 2.70. The Bertz CT molecular complexity index is 763. The number of benzene rings is 1. The molecule has 1 atom stereocenters. The van der Waals surface area contributed by atoms with Crippen LogP contribution in [0.3, 0.4) is 0 Å².